The van der Waals surface area contributed by atoms with Crippen LogP contribution in [0.5, 0.6) is 5.75 Å². The molecule has 0 bridgehead atoms. The molecule has 1 fully saturated rings. The zero-order valence-electron chi connectivity index (χ0n) is 16.1. The standard InChI is InChI=1S/C20H28N4OS2/c1-3-25-17-8-6-16(7-9-17)22-20(26)21-15-18(19-5-4-14-27-19)24-12-10-23(2)11-13-24/h4-9,14,18H,3,10-13,15H2,1-2H3,(H2,21,22,26)/p+2/t18-/m1/s1. The first-order chi connectivity index (χ1) is 13.2. The van der Waals surface area contributed by atoms with Crippen molar-refractivity contribution >= 4 is 34.4 Å². The second-order valence-electron chi connectivity index (χ2n) is 6.98. The molecule has 27 heavy (non-hydrogen) atoms. The molecular formula is C20H30N4OS2+2. The lowest BCUT2D eigenvalue weighted by molar-refractivity contribution is -1.02. The van der Waals surface area contributed by atoms with Crippen LogP contribution in [0, 0.1) is 0 Å². The second kappa shape index (κ2) is 10.0. The van der Waals surface area contributed by atoms with Gasteiger partial charge in [0.05, 0.1) is 25.1 Å². The Bertz CT molecular complexity index is 697. The van der Waals surface area contributed by atoms with Crippen LogP contribution in [0.25, 0.3) is 0 Å². The summed E-state index contributed by atoms with van der Waals surface area (Å²) in [6.07, 6.45) is 0. The van der Waals surface area contributed by atoms with E-state index in [0.717, 1.165) is 18.0 Å². The number of hydrogen-bond donors (Lipinski definition) is 4. The Balaban J connectivity index is 1.55. The van der Waals surface area contributed by atoms with Crippen molar-refractivity contribution in [1.29, 1.82) is 0 Å². The van der Waals surface area contributed by atoms with Crippen molar-refractivity contribution in [2.24, 2.45) is 0 Å². The highest BCUT2D eigenvalue weighted by Gasteiger charge is 2.29. The first kappa shape index (κ1) is 20.1. The number of hydrogen-bond acceptors (Lipinski definition) is 3. The van der Waals surface area contributed by atoms with E-state index in [-0.39, 0.29) is 0 Å². The second-order valence-corrected chi connectivity index (χ2v) is 8.36. The van der Waals surface area contributed by atoms with Crippen molar-refractivity contribution in [3.8, 4) is 5.75 Å². The Morgan fingerprint density at radius 3 is 2.56 bits per heavy atom. The fraction of sp³-hybridized carbons (Fsp3) is 0.450. The van der Waals surface area contributed by atoms with Gasteiger partial charge in [-0.1, -0.05) is 6.07 Å². The van der Waals surface area contributed by atoms with E-state index in [4.69, 9.17) is 17.0 Å². The molecule has 0 aliphatic carbocycles. The molecule has 0 spiro atoms. The number of rotatable bonds is 7. The number of nitrogens with one attached hydrogen (secondary N) is 4. The normalized spacial score (nSPS) is 20.7. The van der Waals surface area contributed by atoms with Crippen LogP contribution < -0.4 is 25.2 Å². The Hall–Kier alpha value is -1.67. The number of thiophene rings is 1. The third-order valence-corrected chi connectivity index (χ3v) is 6.25. The lowest BCUT2D eigenvalue weighted by Gasteiger charge is -2.33. The summed E-state index contributed by atoms with van der Waals surface area (Å²) < 4.78 is 5.48. The summed E-state index contributed by atoms with van der Waals surface area (Å²) in [5, 5.41) is 9.55. The molecule has 0 unspecified atom stereocenters. The van der Waals surface area contributed by atoms with E-state index >= 15 is 0 Å². The maximum atomic E-state index is 5.52. The zero-order chi connectivity index (χ0) is 19.1. The van der Waals surface area contributed by atoms with Gasteiger partial charge in [-0.15, -0.1) is 11.3 Å². The van der Waals surface area contributed by atoms with Gasteiger partial charge in [0, 0.05) is 5.69 Å². The van der Waals surface area contributed by atoms with Gasteiger partial charge in [0.25, 0.3) is 0 Å². The van der Waals surface area contributed by atoms with Crippen LogP contribution >= 0.6 is 23.6 Å². The number of likely N-dealkylation sites (N-methyl/N-ethyl adjacent to an activating group) is 1. The third-order valence-electron chi connectivity index (χ3n) is 5.02. The van der Waals surface area contributed by atoms with Crippen LogP contribution in [-0.2, 0) is 0 Å². The SMILES string of the molecule is CCOc1ccc(NC(=S)NC[C@H](c2cccs2)[NH+]2CC[NH+](C)CC2)cc1. The van der Waals surface area contributed by atoms with E-state index in [1.807, 2.05) is 42.5 Å². The van der Waals surface area contributed by atoms with Crippen LogP contribution in [0.3, 0.4) is 0 Å². The van der Waals surface area contributed by atoms with Crippen molar-refractivity contribution in [3.05, 3.63) is 46.7 Å². The molecule has 1 atom stereocenters. The molecule has 4 N–H and O–H groups in total. The largest absolute Gasteiger partial charge is 0.494 e. The number of ether oxygens (including phenoxy) is 1. The summed E-state index contributed by atoms with van der Waals surface area (Å²) in [6, 6.07) is 12.7. The lowest BCUT2D eigenvalue weighted by atomic mass is 10.1. The molecule has 1 aromatic heterocycles. The molecule has 0 radical (unpaired) electrons. The van der Waals surface area contributed by atoms with Gasteiger partial charge in [-0.3, -0.25) is 0 Å². The van der Waals surface area contributed by atoms with E-state index in [1.54, 1.807) is 9.80 Å². The Kier molecular flexibility index (Phi) is 7.46. The summed E-state index contributed by atoms with van der Waals surface area (Å²) in [6.45, 7) is 8.37. The number of quaternary nitrogens is 2. The first-order valence-electron chi connectivity index (χ1n) is 9.62. The van der Waals surface area contributed by atoms with E-state index < -0.39 is 0 Å². The maximum Gasteiger partial charge on any atom is 0.171 e. The maximum absolute atomic E-state index is 5.52. The predicted molar refractivity (Wildman–Crippen MR) is 116 cm³/mol. The Labute approximate surface area is 171 Å². The summed E-state index contributed by atoms with van der Waals surface area (Å²) in [5.41, 5.74) is 0.971. The molecule has 0 amide bonds. The average molecular weight is 407 g/mol. The average Bonchev–Trinajstić information content (AvgIpc) is 3.20. The van der Waals surface area contributed by atoms with Crippen molar-refractivity contribution < 1.29 is 14.5 Å². The highest BCUT2D eigenvalue weighted by Crippen LogP contribution is 2.17. The summed E-state index contributed by atoms with van der Waals surface area (Å²) in [7, 11) is 2.28. The van der Waals surface area contributed by atoms with E-state index in [1.165, 1.54) is 31.1 Å². The predicted octanol–water partition coefficient (Wildman–Crippen LogP) is 0.588. The highest BCUT2D eigenvalue weighted by molar-refractivity contribution is 7.80. The topological polar surface area (TPSA) is 42.2 Å². The van der Waals surface area contributed by atoms with Gasteiger partial charge < -0.3 is 25.2 Å². The van der Waals surface area contributed by atoms with Gasteiger partial charge in [0.1, 0.15) is 38.0 Å². The quantitative estimate of drug-likeness (QED) is 0.508. The minimum atomic E-state index is 0.443. The smallest absolute Gasteiger partial charge is 0.171 e. The van der Waals surface area contributed by atoms with Crippen molar-refractivity contribution in [1.82, 2.24) is 5.32 Å². The van der Waals surface area contributed by atoms with Crippen LogP contribution in [0.1, 0.15) is 17.8 Å². The minimum absolute atomic E-state index is 0.443. The minimum Gasteiger partial charge on any atom is -0.494 e. The molecule has 2 aromatic rings. The summed E-state index contributed by atoms with van der Waals surface area (Å²) in [5.74, 6) is 0.875. The van der Waals surface area contributed by atoms with Gasteiger partial charge in [-0.05, 0) is 54.9 Å². The number of piperazine rings is 1. The highest BCUT2D eigenvalue weighted by atomic mass is 32.1. The molecular weight excluding hydrogens is 376 g/mol. The number of thiocarbonyl (C=S) groups is 1. The summed E-state index contributed by atoms with van der Waals surface area (Å²) in [4.78, 5) is 4.71. The van der Waals surface area contributed by atoms with Crippen molar-refractivity contribution in [3.63, 3.8) is 0 Å². The van der Waals surface area contributed by atoms with Gasteiger partial charge >= 0.3 is 0 Å². The van der Waals surface area contributed by atoms with Gasteiger partial charge in [-0.2, -0.15) is 0 Å². The summed E-state index contributed by atoms with van der Waals surface area (Å²) >= 11 is 7.37. The molecule has 1 saturated heterocycles. The van der Waals surface area contributed by atoms with Crippen molar-refractivity contribution in [2.45, 2.75) is 13.0 Å². The van der Waals surface area contributed by atoms with E-state index in [9.17, 15) is 0 Å². The van der Waals surface area contributed by atoms with Gasteiger partial charge in [-0.25, -0.2) is 0 Å². The number of benzene rings is 1. The molecule has 7 heteroatoms. The van der Waals surface area contributed by atoms with Gasteiger partial charge in [0.2, 0.25) is 0 Å². The fourth-order valence-corrected chi connectivity index (χ4v) is 4.54. The van der Waals surface area contributed by atoms with E-state index in [2.05, 4.69) is 35.2 Å². The molecule has 3 rings (SSSR count). The zero-order valence-corrected chi connectivity index (χ0v) is 17.7. The molecule has 1 aliphatic rings. The van der Waals surface area contributed by atoms with Crippen molar-refractivity contribution in [2.75, 3.05) is 51.7 Å². The third kappa shape index (κ3) is 5.90. The van der Waals surface area contributed by atoms with Crippen LogP contribution in [0.2, 0.25) is 0 Å². The lowest BCUT2D eigenvalue weighted by Crippen LogP contribution is -3.27. The molecule has 2 heterocycles. The molecule has 5 nitrogen and oxygen atoms in total. The number of anilines is 1. The van der Waals surface area contributed by atoms with Gasteiger partial charge in [0.15, 0.2) is 5.11 Å². The molecule has 146 valence electrons. The van der Waals surface area contributed by atoms with Crippen LogP contribution in [-0.4, -0.2) is 51.5 Å². The molecule has 1 aromatic carbocycles. The monoisotopic (exact) mass is 406 g/mol. The first-order valence-corrected chi connectivity index (χ1v) is 10.9. The fourth-order valence-electron chi connectivity index (χ4n) is 3.45. The Morgan fingerprint density at radius 2 is 1.93 bits per heavy atom. The molecule has 1 aliphatic heterocycles. The van der Waals surface area contributed by atoms with Crippen LogP contribution in [0.4, 0.5) is 5.69 Å². The van der Waals surface area contributed by atoms with E-state index in [0.29, 0.717) is 17.8 Å². The van der Waals surface area contributed by atoms with Crippen LogP contribution in [0.15, 0.2) is 41.8 Å². The molecule has 0 saturated carbocycles. The Morgan fingerprint density at radius 1 is 1.19 bits per heavy atom.